The Morgan fingerprint density at radius 3 is 2.36 bits per heavy atom. The van der Waals surface area contributed by atoms with Crippen molar-refractivity contribution in [2.24, 2.45) is 5.73 Å². The van der Waals surface area contributed by atoms with Crippen LogP contribution in [-0.2, 0) is 9.59 Å². The van der Waals surface area contributed by atoms with Crippen molar-refractivity contribution in [2.75, 3.05) is 18.4 Å². The molecule has 0 aliphatic rings. The summed E-state index contributed by atoms with van der Waals surface area (Å²) in [4.78, 5) is 23.1. The third-order valence-electron chi connectivity index (χ3n) is 3.32. The van der Waals surface area contributed by atoms with Crippen LogP contribution < -0.4 is 16.4 Å². The first kappa shape index (κ1) is 18.1. The lowest BCUT2D eigenvalue weighted by Gasteiger charge is -2.14. The van der Waals surface area contributed by atoms with E-state index in [1.807, 2.05) is 24.3 Å². The Labute approximate surface area is 131 Å². The van der Waals surface area contributed by atoms with Crippen molar-refractivity contribution < 1.29 is 14.7 Å². The van der Waals surface area contributed by atoms with Crippen LogP contribution in [0.2, 0.25) is 0 Å². The number of hydrogen-bond acceptors (Lipinski definition) is 4. The molecule has 0 heterocycles. The van der Waals surface area contributed by atoms with Gasteiger partial charge in [0.1, 0.15) is 6.04 Å². The molecule has 1 aromatic rings. The van der Waals surface area contributed by atoms with Crippen LogP contribution in [0, 0.1) is 0 Å². The molecule has 0 aromatic heterocycles. The van der Waals surface area contributed by atoms with Crippen molar-refractivity contribution in [1.82, 2.24) is 5.32 Å². The molecule has 5 N–H and O–H groups in total. The molecule has 0 radical (unpaired) electrons. The predicted molar refractivity (Wildman–Crippen MR) is 86.9 cm³/mol. The maximum Gasteiger partial charge on any atom is 0.321 e. The van der Waals surface area contributed by atoms with Crippen molar-refractivity contribution in [2.45, 2.75) is 38.6 Å². The second-order valence-electron chi connectivity index (χ2n) is 5.52. The third-order valence-corrected chi connectivity index (χ3v) is 3.32. The molecular formula is C16H25N3O3. The SMILES string of the molecule is CC(C)c1ccc(NC(=O)C[C@@H](NCCCN)C(=O)O)cc1. The van der Waals surface area contributed by atoms with E-state index >= 15 is 0 Å². The van der Waals surface area contributed by atoms with Gasteiger partial charge in [0.25, 0.3) is 0 Å². The first-order chi connectivity index (χ1) is 10.4. The molecule has 1 rings (SSSR count). The Bertz CT molecular complexity index is 486. The minimum atomic E-state index is -1.04. The number of anilines is 1. The molecule has 0 bridgehead atoms. The average Bonchev–Trinajstić information content (AvgIpc) is 2.46. The Hall–Kier alpha value is -1.92. The van der Waals surface area contributed by atoms with Crippen LogP contribution in [-0.4, -0.2) is 36.1 Å². The van der Waals surface area contributed by atoms with Gasteiger partial charge in [0.05, 0.1) is 6.42 Å². The van der Waals surface area contributed by atoms with Crippen molar-refractivity contribution in [3.8, 4) is 0 Å². The van der Waals surface area contributed by atoms with E-state index in [1.165, 1.54) is 5.56 Å². The highest BCUT2D eigenvalue weighted by Gasteiger charge is 2.20. The molecule has 22 heavy (non-hydrogen) atoms. The zero-order chi connectivity index (χ0) is 16.5. The van der Waals surface area contributed by atoms with Gasteiger partial charge < -0.3 is 21.5 Å². The summed E-state index contributed by atoms with van der Waals surface area (Å²) in [7, 11) is 0. The smallest absolute Gasteiger partial charge is 0.321 e. The van der Waals surface area contributed by atoms with Gasteiger partial charge in [0.2, 0.25) is 5.91 Å². The lowest BCUT2D eigenvalue weighted by Crippen LogP contribution is -2.40. The normalized spacial score (nSPS) is 12.2. The van der Waals surface area contributed by atoms with E-state index in [0.29, 0.717) is 31.1 Å². The summed E-state index contributed by atoms with van der Waals surface area (Å²) in [6, 6.07) is 6.65. The molecule has 1 atom stereocenters. The van der Waals surface area contributed by atoms with Gasteiger partial charge in [0, 0.05) is 5.69 Å². The van der Waals surface area contributed by atoms with Gasteiger partial charge in [-0.25, -0.2) is 0 Å². The van der Waals surface area contributed by atoms with Gasteiger partial charge in [0.15, 0.2) is 0 Å². The summed E-state index contributed by atoms with van der Waals surface area (Å²) in [6.45, 7) is 5.15. The number of rotatable bonds is 9. The van der Waals surface area contributed by atoms with Gasteiger partial charge >= 0.3 is 5.97 Å². The Kier molecular flexibility index (Phi) is 7.56. The van der Waals surface area contributed by atoms with Gasteiger partial charge in [-0.3, -0.25) is 9.59 Å². The number of nitrogens with two attached hydrogens (primary N) is 1. The van der Waals surface area contributed by atoms with Gasteiger partial charge in [-0.15, -0.1) is 0 Å². The Morgan fingerprint density at radius 2 is 1.86 bits per heavy atom. The molecule has 1 aromatic carbocycles. The van der Waals surface area contributed by atoms with E-state index < -0.39 is 12.0 Å². The first-order valence-electron chi connectivity index (χ1n) is 7.50. The molecule has 122 valence electrons. The highest BCUT2D eigenvalue weighted by Crippen LogP contribution is 2.17. The predicted octanol–water partition coefficient (Wildman–Crippen LogP) is 1.53. The Balaban J connectivity index is 2.53. The molecule has 0 fully saturated rings. The monoisotopic (exact) mass is 307 g/mol. The molecule has 1 amide bonds. The maximum absolute atomic E-state index is 11.9. The van der Waals surface area contributed by atoms with E-state index in [0.717, 1.165) is 0 Å². The van der Waals surface area contributed by atoms with Gasteiger partial charge in [-0.1, -0.05) is 26.0 Å². The average molecular weight is 307 g/mol. The first-order valence-corrected chi connectivity index (χ1v) is 7.50. The molecule has 0 aliphatic heterocycles. The van der Waals surface area contributed by atoms with Gasteiger partial charge in [-0.2, -0.15) is 0 Å². The second kappa shape index (κ2) is 9.17. The number of carboxylic acids is 1. The largest absolute Gasteiger partial charge is 0.480 e. The van der Waals surface area contributed by atoms with E-state index in [-0.39, 0.29) is 12.3 Å². The fraction of sp³-hybridized carbons (Fsp3) is 0.500. The fourth-order valence-electron chi connectivity index (χ4n) is 1.97. The lowest BCUT2D eigenvalue weighted by atomic mass is 10.0. The summed E-state index contributed by atoms with van der Waals surface area (Å²) in [5, 5.41) is 14.6. The number of carboxylic acid groups (broad SMARTS) is 1. The summed E-state index contributed by atoms with van der Waals surface area (Å²) in [6.07, 6.45) is 0.550. The number of benzene rings is 1. The summed E-state index contributed by atoms with van der Waals surface area (Å²) in [5.74, 6) is -0.944. The number of hydrogen-bond donors (Lipinski definition) is 4. The number of nitrogens with one attached hydrogen (secondary N) is 2. The van der Waals surface area contributed by atoms with E-state index in [1.54, 1.807) is 0 Å². The van der Waals surface area contributed by atoms with Crippen molar-refractivity contribution in [3.05, 3.63) is 29.8 Å². The van der Waals surface area contributed by atoms with Crippen LogP contribution in [0.25, 0.3) is 0 Å². The standard InChI is InChI=1S/C16H25N3O3/c1-11(2)12-4-6-13(7-5-12)19-15(20)10-14(16(21)22)18-9-3-8-17/h4-7,11,14,18H,3,8-10,17H2,1-2H3,(H,19,20)(H,21,22)/t14-/m1/s1. The molecule has 0 spiro atoms. The number of amides is 1. The second-order valence-corrected chi connectivity index (χ2v) is 5.52. The zero-order valence-corrected chi connectivity index (χ0v) is 13.1. The van der Waals surface area contributed by atoms with Crippen LogP contribution in [0.15, 0.2) is 24.3 Å². The van der Waals surface area contributed by atoms with Crippen LogP contribution in [0.1, 0.15) is 38.2 Å². The number of carbonyl (C=O) groups is 2. The highest BCUT2D eigenvalue weighted by atomic mass is 16.4. The minimum Gasteiger partial charge on any atom is -0.480 e. The molecule has 6 nitrogen and oxygen atoms in total. The van der Waals surface area contributed by atoms with Crippen LogP contribution >= 0.6 is 0 Å². The summed E-state index contributed by atoms with van der Waals surface area (Å²) < 4.78 is 0. The van der Waals surface area contributed by atoms with Crippen LogP contribution in [0.5, 0.6) is 0 Å². The van der Waals surface area contributed by atoms with Crippen molar-refractivity contribution in [3.63, 3.8) is 0 Å². The van der Waals surface area contributed by atoms with Crippen LogP contribution in [0.3, 0.4) is 0 Å². The number of aliphatic carboxylic acids is 1. The third kappa shape index (κ3) is 6.24. The lowest BCUT2D eigenvalue weighted by molar-refractivity contribution is -0.141. The molecule has 6 heteroatoms. The quantitative estimate of drug-likeness (QED) is 0.518. The van der Waals surface area contributed by atoms with E-state index in [4.69, 9.17) is 10.8 Å². The zero-order valence-electron chi connectivity index (χ0n) is 13.1. The maximum atomic E-state index is 11.9. The highest BCUT2D eigenvalue weighted by molar-refractivity contribution is 5.94. The summed E-state index contributed by atoms with van der Waals surface area (Å²) >= 11 is 0. The molecule has 0 saturated heterocycles. The van der Waals surface area contributed by atoms with Gasteiger partial charge in [-0.05, 0) is 43.1 Å². The minimum absolute atomic E-state index is 0.119. The van der Waals surface area contributed by atoms with E-state index in [9.17, 15) is 9.59 Å². The topological polar surface area (TPSA) is 104 Å². The number of carbonyl (C=O) groups excluding carboxylic acids is 1. The molecular weight excluding hydrogens is 282 g/mol. The molecule has 0 saturated carbocycles. The van der Waals surface area contributed by atoms with Crippen molar-refractivity contribution in [1.29, 1.82) is 0 Å². The molecule has 0 unspecified atom stereocenters. The Morgan fingerprint density at radius 1 is 1.23 bits per heavy atom. The van der Waals surface area contributed by atoms with Crippen molar-refractivity contribution >= 4 is 17.6 Å². The van der Waals surface area contributed by atoms with Crippen LogP contribution in [0.4, 0.5) is 5.69 Å². The van der Waals surface area contributed by atoms with E-state index in [2.05, 4.69) is 24.5 Å². The molecule has 0 aliphatic carbocycles. The fourth-order valence-corrected chi connectivity index (χ4v) is 1.97. The summed E-state index contributed by atoms with van der Waals surface area (Å²) in [5.41, 5.74) is 7.21.